The van der Waals surface area contributed by atoms with Crippen molar-refractivity contribution in [2.24, 2.45) is 11.7 Å². The first kappa shape index (κ1) is 18.5. The molecule has 0 bridgehead atoms. The molecule has 0 saturated carbocycles. The number of rotatable bonds is 5. The number of likely N-dealkylation sites (N-methyl/N-ethyl adjacent to an activating group) is 1. The quantitative estimate of drug-likeness (QED) is 0.350. The second-order valence-corrected chi connectivity index (χ2v) is 7.41. The summed E-state index contributed by atoms with van der Waals surface area (Å²) < 4.78 is 11.1. The summed E-state index contributed by atoms with van der Waals surface area (Å²) in [6.07, 6.45) is 4.35. The molecule has 1 aliphatic carbocycles. The van der Waals surface area contributed by atoms with E-state index in [1.54, 1.807) is 14.0 Å². The molecule has 2 fully saturated rings. The summed E-state index contributed by atoms with van der Waals surface area (Å²) in [5, 5.41) is 2.86. The molecule has 9 nitrogen and oxygen atoms in total. The molecule has 9 heteroatoms. The van der Waals surface area contributed by atoms with Gasteiger partial charge in [-0.05, 0) is 14.0 Å². The average molecular weight is 386 g/mol. The predicted molar refractivity (Wildman–Crippen MR) is 97.4 cm³/mol. The molecule has 0 aromatic carbocycles. The van der Waals surface area contributed by atoms with Crippen molar-refractivity contribution in [2.45, 2.75) is 24.7 Å². The molecular formula is C19H22N4O5. The number of piperazine rings is 1. The van der Waals surface area contributed by atoms with E-state index in [-0.39, 0.29) is 48.1 Å². The van der Waals surface area contributed by atoms with Gasteiger partial charge >= 0.3 is 6.09 Å². The molecule has 0 aromatic rings. The number of primary amides is 1. The molecule has 4 rings (SSSR count). The molecule has 5 atom stereocenters. The molecule has 3 heterocycles. The van der Waals surface area contributed by atoms with Crippen LogP contribution in [0.15, 0.2) is 22.5 Å². The Balaban J connectivity index is 1.81. The van der Waals surface area contributed by atoms with Gasteiger partial charge in [0.05, 0.1) is 29.9 Å². The fourth-order valence-electron chi connectivity index (χ4n) is 5.07. The Labute approximate surface area is 162 Å². The number of Topliss-reactive ketones (excluding diaryl/α,β-unsaturated/α-hetero) is 2. The SMILES string of the molecule is C#CCNC1=C(C)C(=O)C2=C(C1=O)C(COC(N)=O)C1(OC)C3C(CN21)N3C. The lowest BCUT2D eigenvalue weighted by Gasteiger charge is -2.40. The third-order valence-electron chi connectivity index (χ3n) is 6.31. The third-order valence-corrected chi connectivity index (χ3v) is 6.31. The molecule has 28 heavy (non-hydrogen) atoms. The maximum absolute atomic E-state index is 13.3. The zero-order chi connectivity index (χ0) is 20.4. The maximum Gasteiger partial charge on any atom is 0.404 e. The summed E-state index contributed by atoms with van der Waals surface area (Å²) >= 11 is 0. The minimum atomic E-state index is -0.966. The number of allylic oxidation sites excluding steroid dienone is 2. The number of hydrogen-bond acceptors (Lipinski definition) is 8. The van der Waals surface area contributed by atoms with Crippen molar-refractivity contribution in [1.82, 2.24) is 15.1 Å². The Bertz CT molecular complexity index is 900. The number of ketones is 2. The Kier molecular flexibility index (Phi) is 4.03. The van der Waals surface area contributed by atoms with E-state index in [2.05, 4.69) is 16.1 Å². The van der Waals surface area contributed by atoms with Gasteiger partial charge in [0, 0.05) is 30.8 Å². The lowest BCUT2D eigenvalue weighted by molar-refractivity contribution is -0.144. The van der Waals surface area contributed by atoms with Crippen LogP contribution in [0, 0.1) is 18.3 Å². The van der Waals surface area contributed by atoms with Crippen LogP contribution in [-0.4, -0.2) is 79.1 Å². The molecule has 0 spiro atoms. The second-order valence-electron chi connectivity index (χ2n) is 7.41. The van der Waals surface area contributed by atoms with Crippen LogP contribution in [0.2, 0.25) is 0 Å². The number of hydrogen-bond donors (Lipinski definition) is 2. The Morgan fingerprint density at radius 2 is 2.14 bits per heavy atom. The van der Waals surface area contributed by atoms with E-state index in [1.165, 1.54) is 0 Å². The van der Waals surface area contributed by atoms with Crippen LogP contribution in [-0.2, 0) is 19.1 Å². The number of nitrogens with two attached hydrogens (primary N) is 1. The van der Waals surface area contributed by atoms with Gasteiger partial charge in [0.1, 0.15) is 6.61 Å². The van der Waals surface area contributed by atoms with Gasteiger partial charge in [-0.15, -0.1) is 6.42 Å². The van der Waals surface area contributed by atoms with Crippen molar-refractivity contribution in [3.63, 3.8) is 0 Å². The summed E-state index contributed by atoms with van der Waals surface area (Å²) in [6.45, 7) is 2.12. The molecule has 1 amide bonds. The van der Waals surface area contributed by atoms with E-state index >= 15 is 0 Å². The second kappa shape index (κ2) is 6.09. The van der Waals surface area contributed by atoms with Gasteiger partial charge in [0.15, 0.2) is 5.72 Å². The average Bonchev–Trinajstić information content (AvgIpc) is 3.04. The summed E-state index contributed by atoms with van der Waals surface area (Å²) in [5.74, 6) is 1.18. The Hall–Kier alpha value is -2.83. The number of nitrogens with one attached hydrogen (secondary N) is 1. The minimum Gasteiger partial charge on any atom is -0.449 e. The smallest absolute Gasteiger partial charge is 0.404 e. The van der Waals surface area contributed by atoms with Crippen LogP contribution >= 0.6 is 0 Å². The van der Waals surface area contributed by atoms with Crippen LogP contribution in [0.1, 0.15) is 6.92 Å². The summed E-state index contributed by atoms with van der Waals surface area (Å²) in [6, 6.07) is 0.186. The molecule has 3 aliphatic heterocycles. The predicted octanol–water partition coefficient (Wildman–Crippen LogP) is -1.04. The zero-order valence-electron chi connectivity index (χ0n) is 15.9. The van der Waals surface area contributed by atoms with E-state index in [1.807, 2.05) is 11.9 Å². The number of terminal acetylenes is 1. The molecule has 5 unspecified atom stereocenters. The first-order chi connectivity index (χ1) is 13.3. The van der Waals surface area contributed by atoms with Crippen LogP contribution in [0.5, 0.6) is 0 Å². The van der Waals surface area contributed by atoms with Gasteiger partial charge in [-0.3, -0.25) is 14.5 Å². The normalized spacial score (nSPS) is 35.4. The van der Waals surface area contributed by atoms with Gasteiger partial charge in [-0.25, -0.2) is 4.79 Å². The van der Waals surface area contributed by atoms with E-state index in [0.717, 1.165) is 0 Å². The summed E-state index contributed by atoms with van der Waals surface area (Å²) in [7, 11) is 3.51. The summed E-state index contributed by atoms with van der Waals surface area (Å²) in [5.41, 5.74) is 5.32. The number of methoxy groups -OCH3 is 1. The molecule has 4 aliphatic rings. The van der Waals surface area contributed by atoms with Gasteiger partial charge < -0.3 is 25.4 Å². The van der Waals surface area contributed by atoms with Crippen molar-refractivity contribution < 1.29 is 23.9 Å². The van der Waals surface area contributed by atoms with Gasteiger partial charge in [-0.1, -0.05) is 5.92 Å². The molecule has 148 valence electrons. The first-order valence-electron chi connectivity index (χ1n) is 8.99. The topological polar surface area (TPSA) is 114 Å². The number of carbonyl (C=O) groups is 3. The van der Waals surface area contributed by atoms with E-state index in [9.17, 15) is 14.4 Å². The lowest BCUT2D eigenvalue weighted by atomic mass is 9.82. The van der Waals surface area contributed by atoms with Gasteiger partial charge in [0.2, 0.25) is 11.6 Å². The standard InChI is InChI=1S/C19H22N4O5/c1-5-6-21-13-9(2)15(24)14-12(16(13)25)10(8-28-18(20)26)19(27-4)17-11(22(17)3)7-23(14)19/h1,10-11,17,21H,6-8H2,2-4H3,(H2,20,26). The maximum atomic E-state index is 13.3. The number of nitrogens with zero attached hydrogens (tertiary/aromatic N) is 2. The fraction of sp³-hybridized carbons (Fsp3) is 0.526. The van der Waals surface area contributed by atoms with Gasteiger partial charge in [-0.2, -0.15) is 0 Å². The lowest BCUT2D eigenvalue weighted by Crippen LogP contribution is -2.55. The van der Waals surface area contributed by atoms with Crippen molar-refractivity contribution in [1.29, 1.82) is 0 Å². The monoisotopic (exact) mass is 386 g/mol. The highest BCUT2D eigenvalue weighted by Crippen LogP contribution is 2.59. The fourth-order valence-corrected chi connectivity index (χ4v) is 5.07. The van der Waals surface area contributed by atoms with E-state index in [0.29, 0.717) is 17.8 Å². The number of ether oxygens (including phenoxy) is 2. The van der Waals surface area contributed by atoms with Crippen molar-refractivity contribution in [3.05, 3.63) is 22.5 Å². The largest absolute Gasteiger partial charge is 0.449 e. The third kappa shape index (κ3) is 2.13. The number of amides is 1. The van der Waals surface area contributed by atoms with Gasteiger partial charge in [0.25, 0.3) is 0 Å². The highest BCUT2D eigenvalue weighted by Gasteiger charge is 2.75. The number of carbonyl (C=O) groups excluding carboxylic acids is 3. The molecule has 3 N–H and O–H groups in total. The van der Waals surface area contributed by atoms with Crippen LogP contribution in [0.3, 0.4) is 0 Å². The summed E-state index contributed by atoms with van der Waals surface area (Å²) in [4.78, 5) is 41.8. The molecular weight excluding hydrogens is 364 g/mol. The highest BCUT2D eigenvalue weighted by molar-refractivity contribution is 6.25. The van der Waals surface area contributed by atoms with Crippen LogP contribution < -0.4 is 11.1 Å². The Morgan fingerprint density at radius 1 is 1.43 bits per heavy atom. The molecule has 0 radical (unpaired) electrons. The highest BCUT2D eigenvalue weighted by atomic mass is 16.6. The minimum absolute atomic E-state index is 0.0207. The van der Waals surface area contributed by atoms with E-state index < -0.39 is 17.7 Å². The first-order valence-corrected chi connectivity index (χ1v) is 8.99. The van der Waals surface area contributed by atoms with Crippen molar-refractivity contribution in [3.8, 4) is 12.3 Å². The Morgan fingerprint density at radius 3 is 2.75 bits per heavy atom. The van der Waals surface area contributed by atoms with Crippen molar-refractivity contribution in [2.75, 3.05) is 33.9 Å². The molecule has 2 saturated heterocycles. The van der Waals surface area contributed by atoms with E-state index in [4.69, 9.17) is 21.6 Å². The number of fused-ring (bicyclic) bond motifs is 4. The van der Waals surface area contributed by atoms with Crippen LogP contribution in [0.4, 0.5) is 4.79 Å². The van der Waals surface area contributed by atoms with Crippen LogP contribution in [0.25, 0.3) is 0 Å². The molecule has 0 aromatic heterocycles. The zero-order valence-corrected chi connectivity index (χ0v) is 15.9. The van der Waals surface area contributed by atoms with Crippen molar-refractivity contribution >= 4 is 17.7 Å².